The van der Waals surface area contributed by atoms with E-state index in [9.17, 15) is 0 Å². The van der Waals surface area contributed by atoms with Crippen molar-refractivity contribution in [2.75, 3.05) is 0 Å². The molecule has 0 unspecified atom stereocenters. The molecule has 0 aromatic heterocycles. The van der Waals surface area contributed by atoms with Crippen LogP contribution in [0.3, 0.4) is 0 Å². The van der Waals surface area contributed by atoms with E-state index in [0.717, 1.165) is 0 Å². The van der Waals surface area contributed by atoms with E-state index >= 15 is 0 Å². The molecule has 1 heteroatoms. The van der Waals surface area contributed by atoms with Crippen LogP contribution in [0.4, 0.5) is 0 Å². The van der Waals surface area contributed by atoms with Crippen LogP contribution in [0.2, 0.25) is 0 Å². The first-order valence-electron chi connectivity index (χ1n) is 5.13. The fraction of sp³-hybridized carbons (Fsp3) is 0.429. The van der Waals surface area contributed by atoms with Gasteiger partial charge in [0.15, 0.2) is 0 Å². The average Bonchev–Trinajstić information content (AvgIpc) is 2.63. The topological polar surface area (TPSA) is 0 Å². The molecule has 0 saturated heterocycles. The van der Waals surface area contributed by atoms with Crippen molar-refractivity contribution in [2.45, 2.75) is 41.5 Å². The van der Waals surface area contributed by atoms with Gasteiger partial charge in [0.2, 0.25) is 0 Å². The summed E-state index contributed by atoms with van der Waals surface area (Å²) in [6, 6.07) is 10.0. The van der Waals surface area contributed by atoms with Crippen LogP contribution in [0.15, 0.2) is 30.3 Å². The molecule has 0 radical (unpaired) electrons. The molecule has 0 amide bonds. The first-order chi connectivity index (χ1) is 6.74. The predicted molar refractivity (Wildman–Crippen MR) is 69.0 cm³/mol. The molecule has 0 heterocycles. The molecule has 1 rings (SSSR count). The minimum absolute atomic E-state index is 0. The Morgan fingerprint density at radius 1 is 0.667 bits per heavy atom. The normalized spacial score (nSPS) is 6.27. The molecule has 0 atom stereocenters. The Morgan fingerprint density at radius 3 is 0.933 bits per heavy atom. The van der Waals surface area contributed by atoms with Crippen molar-refractivity contribution in [3.63, 3.8) is 0 Å². The van der Waals surface area contributed by atoms with Crippen LogP contribution < -0.4 is 0 Å². The zero-order chi connectivity index (χ0) is 11.7. The molecule has 0 aliphatic rings. The van der Waals surface area contributed by atoms with Crippen molar-refractivity contribution in [3.8, 4) is 0 Å². The summed E-state index contributed by atoms with van der Waals surface area (Å²) in [5, 5.41) is 0. The summed E-state index contributed by atoms with van der Waals surface area (Å²) >= 11 is 0. The second-order valence-electron chi connectivity index (χ2n) is 2.69. The van der Waals surface area contributed by atoms with E-state index in [0.29, 0.717) is 0 Å². The molecule has 86 valence electrons. The van der Waals surface area contributed by atoms with E-state index in [1.54, 1.807) is 0 Å². The van der Waals surface area contributed by atoms with Crippen molar-refractivity contribution < 1.29 is 41.7 Å². The Bertz CT molecular complexity index is 88.9. The van der Waals surface area contributed by atoms with Gasteiger partial charge in [-0.15, -0.1) is 0 Å². The SMILES string of the molecule is C[CH-]C.C[CH-]C.C[CH-]C.[Ce+4].c1cc[cH-]c1. The summed E-state index contributed by atoms with van der Waals surface area (Å²) in [5.74, 6) is 0. The molecule has 15 heavy (non-hydrogen) atoms. The standard InChI is InChI=1S/C5H5.3C3H7.Ce/c1-2-4-5-3-1;3*1-3-2;/h1-5H;3*3H,1-2H3;/q4*-1;+4. The Balaban J connectivity index is -0.0000000550. The minimum atomic E-state index is 0. The predicted octanol–water partition coefficient (Wildman–Crippen LogP) is 5.10. The Labute approximate surface area is 132 Å². The van der Waals surface area contributed by atoms with E-state index < -0.39 is 0 Å². The monoisotopic (exact) mass is 334 g/mol. The maximum absolute atomic E-state index is 2.00. The fourth-order valence-corrected chi connectivity index (χ4v) is 0.321. The second kappa shape index (κ2) is 36.4. The number of hydrogen-bond acceptors (Lipinski definition) is 0. The third kappa shape index (κ3) is 72.7. The van der Waals surface area contributed by atoms with Gasteiger partial charge >= 0.3 is 41.7 Å². The fourth-order valence-electron chi connectivity index (χ4n) is 0.321. The molecule has 0 aliphatic carbocycles. The maximum atomic E-state index is 2.00. The summed E-state index contributed by atoms with van der Waals surface area (Å²) in [5.41, 5.74) is 0. The third-order valence-corrected chi connectivity index (χ3v) is 0.556. The van der Waals surface area contributed by atoms with Crippen molar-refractivity contribution in [1.29, 1.82) is 0 Å². The molecule has 0 saturated carbocycles. The van der Waals surface area contributed by atoms with E-state index in [-0.39, 0.29) is 41.7 Å². The quantitative estimate of drug-likeness (QED) is 0.579. The molecule has 0 fully saturated rings. The van der Waals surface area contributed by atoms with Crippen molar-refractivity contribution in [3.05, 3.63) is 49.6 Å². The van der Waals surface area contributed by atoms with Crippen LogP contribution in [-0.2, 0) is 0 Å². The van der Waals surface area contributed by atoms with E-state index in [1.807, 2.05) is 91.1 Å². The van der Waals surface area contributed by atoms with Gasteiger partial charge in [-0.1, -0.05) is 0 Å². The molecular weight excluding hydrogens is 308 g/mol. The van der Waals surface area contributed by atoms with Crippen LogP contribution in [-0.4, -0.2) is 0 Å². The molecular formula is C14H26Ce. The first-order valence-corrected chi connectivity index (χ1v) is 5.13. The summed E-state index contributed by atoms with van der Waals surface area (Å²) in [7, 11) is 0. The summed E-state index contributed by atoms with van der Waals surface area (Å²) < 4.78 is 0. The van der Waals surface area contributed by atoms with Gasteiger partial charge in [-0.25, -0.2) is 12.1 Å². The molecule has 0 nitrogen and oxygen atoms in total. The molecule has 0 N–H and O–H groups in total. The molecule has 1 aromatic rings. The van der Waals surface area contributed by atoms with Crippen LogP contribution in [0, 0.1) is 61.0 Å². The van der Waals surface area contributed by atoms with Gasteiger partial charge in [-0.2, -0.15) is 59.7 Å². The Kier molecular flexibility index (Phi) is 60.2. The second-order valence-corrected chi connectivity index (χ2v) is 2.69. The van der Waals surface area contributed by atoms with Gasteiger partial charge in [-0.05, 0) is 0 Å². The van der Waals surface area contributed by atoms with E-state index in [4.69, 9.17) is 0 Å². The Hall–Kier alpha value is 0.727. The Morgan fingerprint density at radius 2 is 0.867 bits per heavy atom. The van der Waals surface area contributed by atoms with Gasteiger partial charge in [0.1, 0.15) is 0 Å². The molecule has 0 aliphatic heterocycles. The van der Waals surface area contributed by atoms with Gasteiger partial charge in [-0.3, -0.25) is 0 Å². The zero-order valence-corrected chi connectivity index (χ0v) is 14.3. The molecule has 0 spiro atoms. The van der Waals surface area contributed by atoms with Gasteiger partial charge in [0, 0.05) is 0 Å². The van der Waals surface area contributed by atoms with E-state index in [2.05, 4.69) is 0 Å². The molecule has 0 bridgehead atoms. The summed E-state index contributed by atoms with van der Waals surface area (Å²) in [4.78, 5) is 0. The van der Waals surface area contributed by atoms with Crippen LogP contribution in [0.5, 0.6) is 0 Å². The number of rotatable bonds is 0. The van der Waals surface area contributed by atoms with Crippen LogP contribution in [0.1, 0.15) is 41.5 Å². The van der Waals surface area contributed by atoms with Gasteiger partial charge < -0.3 is 19.3 Å². The average molecular weight is 334 g/mol. The smallest absolute Gasteiger partial charge is 0.335 e. The third-order valence-electron chi connectivity index (χ3n) is 0.556. The van der Waals surface area contributed by atoms with Crippen molar-refractivity contribution in [1.82, 2.24) is 0 Å². The first kappa shape index (κ1) is 24.8. The van der Waals surface area contributed by atoms with Crippen molar-refractivity contribution in [2.24, 2.45) is 0 Å². The maximum Gasteiger partial charge on any atom is 4.00 e. The van der Waals surface area contributed by atoms with Crippen LogP contribution >= 0.6 is 0 Å². The zero-order valence-electron chi connectivity index (χ0n) is 11.1. The van der Waals surface area contributed by atoms with Crippen molar-refractivity contribution >= 4 is 0 Å². The van der Waals surface area contributed by atoms with Gasteiger partial charge in [0.05, 0.1) is 0 Å². The van der Waals surface area contributed by atoms with E-state index in [1.165, 1.54) is 0 Å². The van der Waals surface area contributed by atoms with Gasteiger partial charge in [0.25, 0.3) is 0 Å². The molecule has 1 aromatic carbocycles. The number of hydrogen-bond donors (Lipinski definition) is 0. The van der Waals surface area contributed by atoms with Crippen LogP contribution in [0.25, 0.3) is 0 Å². The largest absolute Gasteiger partial charge is 4.00 e. The minimum Gasteiger partial charge on any atom is -0.335 e. The summed E-state index contributed by atoms with van der Waals surface area (Å²) in [6.45, 7) is 12.0. The summed E-state index contributed by atoms with van der Waals surface area (Å²) in [6.07, 6.45) is 6.00.